The molecule has 1 aliphatic heterocycles. The van der Waals surface area contributed by atoms with Crippen molar-refractivity contribution in [3.8, 4) is 0 Å². The highest BCUT2D eigenvalue weighted by atomic mass is 35.5. The van der Waals surface area contributed by atoms with Crippen molar-refractivity contribution in [2.24, 2.45) is 10.7 Å². The molecule has 14 heteroatoms. The van der Waals surface area contributed by atoms with E-state index in [-0.39, 0.29) is 21.6 Å². The van der Waals surface area contributed by atoms with Gasteiger partial charge in [-0.2, -0.15) is 5.06 Å². The van der Waals surface area contributed by atoms with Gasteiger partial charge < -0.3 is 31.5 Å². The van der Waals surface area contributed by atoms with Gasteiger partial charge in [0.1, 0.15) is 16.8 Å². The van der Waals surface area contributed by atoms with Gasteiger partial charge in [0, 0.05) is 59.8 Å². The van der Waals surface area contributed by atoms with Gasteiger partial charge >= 0.3 is 0 Å². The smallest absolute Gasteiger partial charge is 0.284 e. The summed E-state index contributed by atoms with van der Waals surface area (Å²) in [4.78, 5) is 44.8. The highest BCUT2D eigenvalue weighted by Crippen LogP contribution is 2.33. The van der Waals surface area contributed by atoms with E-state index in [2.05, 4.69) is 32.5 Å². The van der Waals surface area contributed by atoms with Crippen LogP contribution in [0.5, 0.6) is 0 Å². The molecule has 1 aliphatic rings. The molecule has 0 saturated heterocycles. The summed E-state index contributed by atoms with van der Waals surface area (Å²) < 4.78 is 0. The maximum atomic E-state index is 13.6. The van der Waals surface area contributed by atoms with Crippen LogP contribution in [0.15, 0.2) is 65.6 Å². The Morgan fingerprint density at radius 2 is 1.84 bits per heavy atom. The number of carbonyl (C=O) groups is 2. The number of hydrogen-bond acceptors (Lipinski definition) is 10. The van der Waals surface area contributed by atoms with E-state index in [4.69, 9.17) is 33.8 Å². The number of nitrogens with one attached hydrogen (secondary N) is 3. The van der Waals surface area contributed by atoms with E-state index in [0.29, 0.717) is 47.1 Å². The Morgan fingerprint density at radius 3 is 2.49 bits per heavy atom. The second kappa shape index (κ2) is 15.5. The Kier molecular flexibility index (Phi) is 12.1. The van der Waals surface area contributed by atoms with Gasteiger partial charge in [-0.15, -0.1) is 0 Å². The summed E-state index contributed by atoms with van der Waals surface area (Å²) in [6.07, 6.45) is 2.87. The minimum absolute atomic E-state index is 0.159. The molecule has 2 aromatic rings. The van der Waals surface area contributed by atoms with Crippen molar-refractivity contribution in [1.29, 1.82) is 0 Å². The third-order valence-electron chi connectivity index (χ3n) is 6.09. The number of rotatable bonds is 13. The molecule has 1 aromatic heterocycles. The molecule has 43 heavy (non-hydrogen) atoms. The number of likely N-dealkylation sites (N-methyl/N-ethyl adjacent to an activating group) is 2. The Balaban J connectivity index is 1.88. The summed E-state index contributed by atoms with van der Waals surface area (Å²) in [6, 6.07) is 7.88. The topological polar surface area (TPSA) is 140 Å². The van der Waals surface area contributed by atoms with Crippen LogP contribution in [-0.2, 0) is 9.63 Å². The predicted molar refractivity (Wildman–Crippen MR) is 173 cm³/mol. The summed E-state index contributed by atoms with van der Waals surface area (Å²) in [6.45, 7) is 6.67. The number of hydrogen-bond donors (Lipinski definition) is 4. The van der Waals surface area contributed by atoms with Crippen molar-refractivity contribution in [2.75, 3.05) is 72.1 Å². The summed E-state index contributed by atoms with van der Waals surface area (Å²) in [5.74, 6) is 0.00726. The summed E-state index contributed by atoms with van der Waals surface area (Å²) >= 11 is 12.7. The number of anilines is 2. The fourth-order valence-corrected chi connectivity index (χ4v) is 4.36. The van der Waals surface area contributed by atoms with Crippen LogP contribution in [0.2, 0.25) is 10.2 Å². The number of amidine groups is 1. The third-order valence-corrected chi connectivity index (χ3v) is 6.62. The maximum absolute atomic E-state index is 13.6. The molecule has 230 valence electrons. The van der Waals surface area contributed by atoms with Gasteiger partial charge in [-0.25, -0.2) is 9.98 Å². The number of aromatic nitrogens is 1. The van der Waals surface area contributed by atoms with Gasteiger partial charge in [0.2, 0.25) is 0 Å². The van der Waals surface area contributed by atoms with Crippen LogP contribution < -0.4 is 21.7 Å². The Bertz CT molecular complexity index is 1450. The molecule has 0 radical (unpaired) electrons. The van der Waals surface area contributed by atoms with E-state index in [9.17, 15) is 9.59 Å². The quantitative estimate of drug-likeness (QED) is 0.246. The van der Waals surface area contributed by atoms with Crippen molar-refractivity contribution < 1.29 is 14.4 Å². The van der Waals surface area contributed by atoms with Gasteiger partial charge in [-0.1, -0.05) is 29.8 Å². The zero-order valence-corrected chi connectivity index (χ0v) is 26.4. The van der Waals surface area contributed by atoms with Gasteiger partial charge in [-0.3, -0.25) is 14.4 Å². The van der Waals surface area contributed by atoms with Gasteiger partial charge in [0.05, 0.1) is 12.7 Å². The molecule has 0 atom stereocenters. The lowest BCUT2D eigenvalue weighted by atomic mass is 9.97. The molecule has 0 spiro atoms. The van der Waals surface area contributed by atoms with E-state index >= 15 is 0 Å². The van der Waals surface area contributed by atoms with Crippen molar-refractivity contribution >= 4 is 57.9 Å². The number of nitrogens with two attached hydrogens (primary N) is 1. The van der Waals surface area contributed by atoms with Crippen molar-refractivity contribution in [1.82, 2.24) is 25.2 Å². The van der Waals surface area contributed by atoms with Crippen LogP contribution in [0, 0.1) is 0 Å². The van der Waals surface area contributed by atoms with Gasteiger partial charge in [0.15, 0.2) is 5.84 Å². The number of aliphatic imine (C=N–C) groups is 1. The molecule has 3 rings (SSSR count). The van der Waals surface area contributed by atoms with E-state index < -0.39 is 11.8 Å². The van der Waals surface area contributed by atoms with Crippen LogP contribution in [0.4, 0.5) is 11.5 Å². The highest BCUT2D eigenvalue weighted by Gasteiger charge is 2.33. The maximum Gasteiger partial charge on any atom is 0.284 e. The normalized spacial score (nSPS) is 15.3. The minimum Gasteiger partial charge on any atom is -0.404 e. The zero-order chi connectivity index (χ0) is 31.7. The third kappa shape index (κ3) is 9.27. The van der Waals surface area contributed by atoms with E-state index in [0.717, 1.165) is 18.2 Å². The highest BCUT2D eigenvalue weighted by molar-refractivity contribution is 6.37. The first kappa shape index (κ1) is 33.6. The van der Waals surface area contributed by atoms with E-state index in [1.807, 2.05) is 38.0 Å². The average molecular weight is 631 g/mol. The summed E-state index contributed by atoms with van der Waals surface area (Å²) in [5, 5.41) is 10.5. The fraction of sp³-hybridized carbons (Fsp3) is 0.310. The number of halogens is 2. The molecule has 2 amide bonds. The number of nitrogens with zero attached hydrogens (tertiary/aromatic N) is 5. The monoisotopic (exact) mass is 629 g/mol. The summed E-state index contributed by atoms with van der Waals surface area (Å²) in [7, 11) is 9.16. The first-order chi connectivity index (χ1) is 20.4. The summed E-state index contributed by atoms with van der Waals surface area (Å²) in [5.41, 5.74) is 7.57. The Hall–Kier alpha value is -3.94. The largest absolute Gasteiger partial charge is 0.404 e. The molecule has 5 N–H and O–H groups in total. The number of pyridine rings is 1. The number of benzene rings is 1. The Morgan fingerprint density at radius 1 is 1.14 bits per heavy atom. The molecule has 0 unspecified atom stereocenters. The zero-order valence-electron chi connectivity index (χ0n) is 24.9. The molecule has 0 aliphatic carbocycles. The second-order valence-corrected chi connectivity index (χ2v) is 10.8. The molecular weight excluding hydrogens is 593 g/mol. The van der Waals surface area contributed by atoms with E-state index in [1.54, 1.807) is 30.3 Å². The first-order valence-electron chi connectivity index (χ1n) is 13.3. The molecule has 1 aromatic carbocycles. The predicted octanol–water partition coefficient (Wildman–Crippen LogP) is 3.26. The first-order valence-corrected chi connectivity index (χ1v) is 14.0. The second-order valence-electron chi connectivity index (χ2n) is 10.0. The van der Waals surface area contributed by atoms with Crippen molar-refractivity contribution in [3.63, 3.8) is 0 Å². The van der Waals surface area contributed by atoms with Crippen LogP contribution in [0.3, 0.4) is 0 Å². The number of carbonyl (C=O) groups excluding carboxylic acids is 2. The van der Waals surface area contributed by atoms with Crippen LogP contribution in [0.1, 0.15) is 15.9 Å². The van der Waals surface area contributed by atoms with Gasteiger partial charge in [0.25, 0.3) is 11.8 Å². The molecule has 0 bridgehead atoms. The molecule has 2 heterocycles. The standard InChI is InChI=1S/C29H37Cl2N9O3/c1-18(33-9-11-38(2)3)35-27-20(17-32)13-23(29(42)40(27)43-6)22-16-21(7-8-24(22)30)36-28(41)19-14-25(31)37-26(15-19)34-10-12-39(4)5/h7-8,13-17,33H,1,9-12,32H2,2-6H3,(H,34,37)(H,36,41)/b20-17-,35-27+. The average Bonchev–Trinajstić information content (AvgIpc) is 2.94. The Labute approximate surface area is 261 Å². The molecule has 12 nitrogen and oxygen atoms in total. The lowest BCUT2D eigenvalue weighted by Crippen LogP contribution is -2.41. The number of amides is 2. The van der Waals surface area contributed by atoms with Crippen LogP contribution >= 0.6 is 23.2 Å². The SMILES string of the molecule is C=C(/N=C1\C(=C/N)C=C(c2cc(NC(=O)c3cc(Cl)nc(NCCN(C)C)c3)ccc2Cl)C(=O)N1OC)NCCN(C)C. The van der Waals surface area contributed by atoms with E-state index in [1.165, 1.54) is 19.4 Å². The van der Waals surface area contributed by atoms with Crippen molar-refractivity contribution in [3.05, 3.63) is 81.9 Å². The molecular formula is C29H37Cl2N9O3. The van der Waals surface area contributed by atoms with Crippen LogP contribution in [-0.4, -0.2) is 99.0 Å². The fourth-order valence-electron chi connectivity index (χ4n) is 3.93. The lowest BCUT2D eigenvalue weighted by molar-refractivity contribution is -0.149. The van der Waals surface area contributed by atoms with Crippen molar-refractivity contribution in [2.45, 2.75) is 0 Å². The van der Waals surface area contributed by atoms with Crippen LogP contribution in [0.25, 0.3) is 5.57 Å². The molecule has 0 fully saturated rings. The number of hydroxylamine groups is 2. The molecule has 0 saturated carbocycles. The lowest BCUT2D eigenvalue weighted by Gasteiger charge is -2.28. The minimum atomic E-state index is -0.535. The van der Waals surface area contributed by atoms with Gasteiger partial charge in [-0.05, 0) is 64.6 Å².